The van der Waals surface area contributed by atoms with Gasteiger partial charge in [-0.2, -0.15) is 0 Å². The van der Waals surface area contributed by atoms with E-state index in [0.717, 1.165) is 75.8 Å². The molecule has 2 N–H and O–H groups in total. The van der Waals surface area contributed by atoms with Crippen molar-refractivity contribution in [2.24, 2.45) is 17.8 Å². The third-order valence-electron chi connectivity index (χ3n) is 7.61. The van der Waals surface area contributed by atoms with Gasteiger partial charge in [0.2, 0.25) is 0 Å². The minimum atomic E-state index is -0.767. The molecule has 5 rings (SSSR count). The predicted octanol–water partition coefficient (Wildman–Crippen LogP) is 2.98. The summed E-state index contributed by atoms with van der Waals surface area (Å²) in [6.07, 6.45) is 10.9. The molecule has 4 saturated carbocycles. The van der Waals surface area contributed by atoms with E-state index in [2.05, 4.69) is 10.6 Å². The van der Waals surface area contributed by atoms with E-state index in [1.165, 1.54) is 19.3 Å². The molecule has 5 aliphatic rings. The first kappa shape index (κ1) is 21.4. The molecule has 0 radical (unpaired) electrons. The molecule has 1 atom stereocenters. The van der Waals surface area contributed by atoms with Crippen molar-refractivity contribution in [1.82, 2.24) is 15.5 Å². The fourth-order valence-electron chi connectivity index (χ4n) is 6.68. The van der Waals surface area contributed by atoms with E-state index in [4.69, 9.17) is 4.74 Å². The third kappa shape index (κ3) is 5.09. The zero-order chi connectivity index (χ0) is 21.1. The zero-order valence-corrected chi connectivity index (χ0v) is 18.3. The Morgan fingerprint density at radius 2 is 1.53 bits per heavy atom. The van der Waals surface area contributed by atoms with Crippen molar-refractivity contribution in [2.75, 3.05) is 19.6 Å². The molecule has 0 aromatic carbocycles. The minimum absolute atomic E-state index is 0.0343. The summed E-state index contributed by atoms with van der Waals surface area (Å²) >= 11 is 0. The van der Waals surface area contributed by atoms with Gasteiger partial charge in [-0.05, 0) is 76.0 Å². The lowest BCUT2D eigenvalue weighted by atomic mass is 9.53. The van der Waals surface area contributed by atoms with E-state index in [1.54, 1.807) is 6.92 Å². The molecule has 1 unspecified atom stereocenters. The Kier molecular flexibility index (Phi) is 6.54. The maximum absolute atomic E-state index is 12.5. The van der Waals surface area contributed by atoms with Gasteiger partial charge in [0.15, 0.2) is 6.10 Å². The van der Waals surface area contributed by atoms with Gasteiger partial charge in [-0.25, -0.2) is 4.79 Å². The number of amides is 3. The first-order chi connectivity index (χ1) is 14.4. The van der Waals surface area contributed by atoms with Gasteiger partial charge >= 0.3 is 12.0 Å². The van der Waals surface area contributed by atoms with Gasteiger partial charge in [0.1, 0.15) is 0 Å². The maximum Gasteiger partial charge on any atom is 0.315 e. The average Bonchev–Trinajstić information content (AvgIpc) is 2.95. The molecule has 4 aliphatic carbocycles. The highest BCUT2D eigenvalue weighted by molar-refractivity contribution is 5.83. The van der Waals surface area contributed by atoms with E-state index in [-0.39, 0.29) is 30.4 Å². The number of carbonyl (C=O) groups excluding carboxylic acids is 3. The third-order valence-corrected chi connectivity index (χ3v) is 7.61. The van der Waals surface area contributed by atoms with Crippen LogP contribution in [0, 0.1) is 17.8 Å². The molecule has 0 aromatic rings. The highest BCUT2D eigenvalue weighted by Crippen LogP contribution is 2.55. The minimum Gasteiger partial charge on any atom is -0.452 e. The van der Waals surface area contributed by atoms with Gasteiger partial charge in [0.05, 0.1) is 6.42 Å². The Hall–Kier alpha value is -1.79. The molecule has 30 heavy (non-hydrogen) atoms. The lowest BCUT2D eigenvalue weighted by Gasteiger charge is -2.56. The fourth-order valence-corrected chi connectivity index (χ4v) is 6.68. The molecule has 168 valence electrons. The molecule has 1 aliphatic heterocycles. The van der Waals surface area contributed by atoms with E-state index < -0.39 is 12.1 Å². The smallest absolute Gasteiger partial charge is 0.315 e. The van der Waals surface area contributed by atoms with Crippen LogP contribution in [0.3, 0.4) is 0 Å². The number of likely N-dealkylation sites (tertiary alicyclic amines) is 1. The van der Waals surface area contributed by atoms with Gasteiger partial charge in [-0.15, -0.1) is 0 Å². The molecule has 1 heterocycles. The van der Waals surface area contributed by atoms with Crippen LogP contribution in [0.4, 0.5) is 4.79 Å². The van der Waals surface area contributed by atoms with E-state index in [0.29, 0.717) is 0 Å². The summed E-state index contributed by atoms with van der Waals surface area (Å²) in [5, 5.41) is 6.06. The van der Waals surface area contributed by atoms with E-state index in [1.807, 2.05) is 4.90 Å². The quantitative estimate of drug-likeness (QED) is 0.648. The van der Waals surface area contributed by atoms with Crippen LogP contribution in [0.1, 0.15) is 77.6 Å². The van der Waals surface area contributed by atoms with Gasteiger partial charge in [-0.3, -0.25) is 9.59 Å². The zero-order valence-electron chi connectivity index (χ0n) is 18.3. The van der Waals surface area contributed by atoms with Crippen molar-refractivity contribution in [3.8, 4) is 0 Å². The average molecular weight is 420 g/mol. The number of carbonyl (C=O) groups is 3. The largest absolute Gasteiger partial charge is 0.452 e. The van der Waals surface area contributed by atoms with Crippen molar-refractivity contribution >= 4 is 17.9 Å². The van der Waals surface area contributed by atoms with Crippen LogP contribution in [-0.2, 0) is 14.3 Å². The summed E-state index contributed by atoms with van der Waals surface area (Å²) in [6.45, 7) is 3.35. The SMILES string of the molecule is CC(OC(=O)CCNC(=O)NC12CC3CC(CC(C3)C1)C2)C(=O)N1CCCCCC1. The molecule has 4 bridgehead atoms. The topological polar surface area (TPSA) is 87.7 Å². The lowest BCUT2D eigenvalue weighted by molar-refractivity contribution is -0.159. The standard InChI is InChI=1S/C23H37N3O4/c1-16(21(28)26-8-4-2-3-5-9-26)30-20(27)6-7-24-22(29)25-23-13-17-10-18(14-23)12-19(11-17)15-23/h16-19H,2-15H2,1H3,(H2,24,25,29). The van der Waals surface area contributed by atoms with Crippen LogP contribution < -0.4 is 10.6 Å². The van der Waals surface area contributed by atoms with Crippen LogP contribution >= 0.6 is 0 Å². The van der Waals surface area contributed by atoms with E-state index >= 15 is 0 Å². The van der Waals surface area contributed by atoms with E-state index in [9.17, 15) is 14.4 Å². The summed E-state index contributed by atoms with van der Waals surface area (Å²) < 4.78 is 5.32. The summed E-state index contributed by atoms with van der Waals surface area (Å²) in [6, 6.07) is -0.182. The van der Waals surface area contributed by atoms with Gasteiger partial charge in [-0.1, -0.05) is 12.8 Å². The lowest BCUT2D eigenvalue weighted by Crippen LogP contribution is -2.61. The molecule has 1 saturated heterocycles. The maximum atomic E-state index is 12.5. The Balaban J connectivity index is 1.16. The molecular weight excluding hydrogens is 382 g/mol. The highest BCUT2D eigenvalue weighted by Gasteiger charge is 2.51. The molecule has 5 fully saturated rings. The Morgan fingerprint density at radius 1 is 0.967 bits per heavy atom. The van der Waals surface area contributed by atoms with Gasteiger partial charge in [0.25, 0.3) is 5.91 Å². The van der Waals surface area contributed by atoms with Crippen molar-refractivity contribution in [3.05, 3.63) is 0 Å². The number of hydrogen-bond acceptors (Lipinski definition) is 4. The number of nitrogens with zero attached hydrogens (tertiary/aromatic N) is 1. The molecule has 7 nitrogen and oxygen atoms in total. The summed E-state index contributed by atoms with van der Waals surface area (Å²) in [5.41, 5.74) is -0.0343. The number of ether oxygens (including phenoxy) is 1. The second-order valence-corrected chi connectivity index (χ2v) is 10.2. The molecule has 0 spiro atoms. The first-order valence-corrected chi connectivity index (χ1v) is 12.0. The summed E-state index contributed by atoms with van der Waals surface area (Å²) in [5.74, 6) is 1.76. The molecular formula is C23H37N3O4. The van der Waals surface area contributed by atoms with Crippen LogP contribution in [-0.4, -0.2) is 54.1 Å². The molecule has 3 amide bonds. The van der Waals surface area contributed by atoms with Crippen molar-refractivity contribution in [3.63, 3.8) is 0 Å². The van der Waals surface area contributed by atoms with Gasteiger partial charge < -0.3 is 20.3 Å². The van der Waals surface area contributed by atoms with Crippen LogP contribution in [0.2, 0.25) is 0 Å². The van der Waals surface area contributed by atoms with Crippen LogP contribution in [0.15, 0.2) is 0 Å². The number of rotatable bonds is 6. The summed E-state index contributed by atoms with van der Waals surface area (Å²) in [7, 11) is 0. The second kappa shape index (κ2) is 9.15. The first-order valence-electron chi connectivity index (χ1n) is 12.0. The number of urea groups is 1. The normalized spacial score (nSPS) is 33.5. The molecule has 7 heteroatoms. The van der Waals surface area contributed by atoms with Crippen LogP contribution in [0.5, 0.6) is 0 Å². The fraction of sp³-hybridized carbons (Fsp3) is 0.870. The Bertz CT molecular complexity index is 622. The Morgan fingerprint density at radius 3 is 2.10 bits per heavy atom. The monoisotopic (exact) mass is 419 g/mol. The molecule has 0 aromatic heterocycles. The second-order valence-electron chi connectivity index (χ2n) is 10.2. The Labute approximate surface area is 179 Å². The number of nitrogens with one attached hydrogen (secondary N) is 2. The van der Waals surface area contributed by atoms with Gasteiger partial charge in [0, 0.05) is 25.2 Å². The predicted molar refractivity (Wildman–Crippen MR) is 113 cm³/mol. The van der Waals surface area contributed by atoms with Crippen molar-refractivity contribution < 1.29 is 19.1 Å². The number of esters is 1. The summed E-state index contributed by atoms with van der Waals surface area (Å²) in [4.78, 5) is 38.9. The highest BCUT2D eigenvalue weighted by atomic mass is 16.5. The van der Waals surface area contributed by atoms with Crippen molar-refractivity contribution in [1.29, 1.82) is 0 Å². The number of hydrogen-bond donors (Lipinski definition) is 2. The van der Waals surface area contributed by atoms with Crippen molar-refractivity contribution in [2.45, 2.75) is 89.2 Å². The van der Waals surface area contributed by atoms with Crippen LogP contribution in [0.25, 0.3) is 0 Å².